The number of aryl methyl sites for hydroxylation is 1. The maximum atomic E-state index is 12.8. The van der Waals surface area contributed by atoms with Crippen LogP contribution in [0.5, 0.6) is 5.75 Å². The second-order valence-electron chi connectivity index (χ2n) is 6.32. The number of carbonyl (C=O) groups is 3. The van der Waals surface area contributed by atoms with Crippen LogP contribution in [0.25, 0.3) is 0 Å². The smallest absolute Gasteiger partial charge is 0.371 e. The van der Waals surface area contributed by atoms with E-state index in [-0.39, 0.29) is 17.4 Å². The number of methoxy groups -OCH3 is 1. The molecule has 0 aliphatic carbocycles. The van der Waals surface area contributed by atoms with Gasteiger partial charge in [-0.25, -0.2) is 4.79 Å². The van der Waals surface area contributed by atoms with Gasteiger partial charge in [0.2, 0.25) is 11.7 Å². The topological polar surface area (TPSA) is 109 Å². The van der Waals surface area contributed by atoms with Gasteiger partial charge in [0.25, 0.3) is 5.91 Å². The Bertz CT molecular complexity index is 888. The van der Waals surface area contributed by atoms with E-state index in [0.717, 1.165) is 5.56 Å². The normalized spacial score (nSPS) is 16.2. The molecule has 0 saturated carbocycles. The van der Waals surface area contributed by atoms with Crippen molar-refractivity contribution in [2.24, 2.45) is 0 Å². The molecule has 0 spiro atoms. The van der Waals surface area contributed by atoms with E-state index in [1.807, 2.05) is 13.0 Å². The first-order valence-electron chi connectivity index (χ1n) is 8.50. The number of hydrogen-bond donors (Lipinski definition) is 2. The molecule has 1 saturated heterocycles. The van der Waals surface area contributed by atoms with Crippen LogP contribution in [0.1, 0.15) is 39.5 Å². The summed E-state index contributed by atoms with van der Waals surface area (Å²) in [5.41, 5.74) is 1.50. The van der Waals surface area contributed by atoms with Gasteiger partial charge in [-0.1, -0.05) is 6.07 Å². The fourth-order valence-electron chi connectivity index (χ4n) is 3.13. The number of benzene rings is 1. The summed E-state index contributed by atoms with van der Waals surface area (Å²) in [6.45, 7) is 2.29. The fraction of sp³-hybridized carbons (Fsp3) is 0.316. The standard InChI is InChI=1S/C19H20N2O6/c1-11-5-6-14(26-2)12(10-11)20-17(22)13-4-3-9-21(13)18(23)15-7-8-16(27-15)19(24)25/h5-8,10,13H,3-4,9H2,1-2H3,(H,20,22)(H,24,25). The number of hydrogen-bond acceptors (Lipinski definition) is 5. The molecule has 0 bridgehead atoms. The Hall–Kier alpha value is -3.29. The van der Waals surface area contributed by atoms with Crippen molar-refractivity contribution in [3.05, 3.63) is 47.4 Å². The highest BCUT2D eigenvalue weighted by atomic mass is 16.5. The predicted molar refractivity (Wildman–Crippen MR) is 96.1 cm³/mol. The highest BCUT2D eigenvalue weighted by molar-refractivity contribution is 6.01. The van der Waals surface area contributed by atoms with Crippen molar-refractivity contribution in [1.82, 2.24) is 4.90 Å². The minimum atomic E-state index is -1.25. The van der Waals surface area contributed by atoms with Crippen molar-refractivity contribution in [3.63, 3.8) is 0 Å². The SMILES string of the molecule is COc1ccc(C)cc1NC(=O)C1CCCN1C(=O)c1ccc(C(=O)O)o1. The van der Waals surface area contributed by atoms with E-state index in [4.69, 9.17) is 14.3 Å². The summed E-state index contributed by atoms with van der Waals surface area (Å²) >= 11 is 0. The third kappa shape index (κ3) is 3.79. The van der Waals surface area contributed by atoms with Crippen molar-refractivity contribution in [2.45, 2.75) is 25.8 Å². The van der Waals surface area contributed by atoms with E-state index in [9.17, 15) is 14.4 Å². The molecule has 2 N–H and O–H groups in total. The summed E-state index contributed by atoms with van der Waals surface area (Å²) in [6.07, 6.45) is 1.18. The maximum Gasteiger partial charge on any atom is 0.371 e. The van der Waals surface area contributed by atoms with Crippen LogP contribution in [0.15, 0.2) is 34.7 Å². The molecule has 1 aliphatic rings. The number of carboxylic acids is 1. The molecule has 1 aromatic heterocycles. The van der Waals surface area contributed by atoms with Gasteiger partial charge < -0.3 is 24.5 Å². The van der Waals surface area contributed by atoms with Gasteiger partial charge in [-0.05, 0) is 49.6 Å². The van der Waals surface area contributed by atoms with Crippen LogP contribution in [0.3, 0.4) is 0 Å². The average Bonchev–Trinajstić information content (AvgIpc) is 3.31. The zero-order valence-corrected chi connectivity index (χ0v) is 15.0. The maximum absolute atomic E-state index is 12.8. The molecule has 2 heterocycles. The molecule has 1 aliphatic heterocycles. The van der Waals surface area contributed by atoms with Gasteiger partial charge >= 0.3 is 5.97 Å². The lowest BCUT2D eigenvalue weighted by molar-refractivity contribution is -0.119. The van der Waals surface area contributed by atoms with E-state index in [1.165, 1.54) is 24.1 Å². The second kappa shape index (κ2) is 7.53. The van der Waals surface area contributed by atoms with Crippen LogP contribution in [-0.2, 0) is 4.79 Å². The largest absolute Gasteiger partial charge is 0.495 e. The number of nitrogens with one attached hydrogen (secondary N) is 1. The quantitative estimate of drug-likeness (QED) is 0.835. The minimum absolute atomic E-state index is 0.0970. The van der Waals surface area contributed by atoms with Crippen LogP contribution in [-0.4, -0.2) is 47.5 Å². The third-order valence-electron chi connectivity index (χ3n) is 4.46. The Morgan fingerprint density at radius 1 is 1.22 bits per heavy atom. The number of nitrogens with zero attached hydrogens (tertiary/aromatic N) is 1. The lowest BCUT2D eigenvalue weighted by atomic mass is 10.1. The molecule has 1 unspecified atom stereocenters. The molecule has 8 nitrogen and oxygen atoms in total. The molecule has 0 radical (unpaired) electrons. The van der Waals surface area contributed by atoms with Crippen molar-refractivity contribution < 1.29 is 28.6 Å². The lowest BCUT2D eigenvalue weighted by Gasteiger charge is -2.23. The van der Waals surface area contributed by atoms with Gasteiger partial charge in [-0.2, -0.15) is 0 Å². The molecule has 1 atom stereocenters. The van der Waals surface area contributed by atoms with Crippen LogP contribution in [0, 0.1) is 6.92 Å². The first-order valence-corrected chi connectivity index (χ1v) is 8.50. The first kappa shape index (κ1) is 18.5. The average molecular weight is 372 g/mol. The van der Waals surface area contributed by atoms with Gasteiger partial charge in [0.1, 0.15) is 11.8 Å². The fourth-order valence-corrected chi connectivity index (χ4v) is 3.13. The number of rotatable bonds is 5. The second-order valence-corrected chi connectivity index (χ2v) is 6.32. The zero-order chi connectivity index (χ0) is 19.6. The summed E-state index contributed by atoms with van der Waals surface area (Å²) in [5, 5.41) is 11.7. The van der Waals surface area contributed by atoms with Gasteiger partial charge in [-0.15, -0.1) is 0 Å². The molecule has 8 heteroatoms. The highest BCUT2D eigenvalue weighted by Gasteiger charge is 2.36. The molecule has 142 valence electrons. The number of carbonyl (C=O) groups excluding carboxylic acids is 2. The van der Waals surface area contributed by atoms with Gasteiger partial charge in [-0.3, -0.25) is 9.59 Å². The first-order chi connectivity index (χ1) is 12.9. The Labute approximate surface area is 155 Å². The minimum Gasteiger partial charge on any atom is -0.495 e. The van der Waals surface area contributed by atoms with Crippen molar-refractivity contribution in [3.8, 4) is 5.75 Å². The third-order valence-corrected chi connectivity index (χ3v) is 4.46. The lowest BCUT2D eigenvalue weighted by Crippen LogP contribution is -2.43. The summed E-state index contributed by atoms with van der Waals surface area (Å²) in [6, 6.07) is 7.29. The van der Waals surface area contributed by atoms with Crippen LogP contribution in [0.2, 0.25) is 0 Å². The number of ether oxygens (including phenoxy) is 1. The van der Waals surface area contributed by atoms with Gasteiger partial charge in [0.15, 0.2) is 5.76 Å². The summed E-state index contributed by atoms with van der Waals surface area (Å²) in [4.78, 5) is 37.8. The molecule has 1 fully saturated rings. The number of carboxylic acid groups (broad SMARTS) is 1. The highest BCUT2D eigenvalue weighted by Crippen LogP contribution is 2.27. The molecule has 27 heavy (non-hydrogen) atoms. The van der Waals surface area contributed by atoms with Gasteiger partial charge in [0.05, 0.1) is 12.8 Å². The van der Waals surface area contributed by atoms with Crippen molar-refractivity contribution in [2.75, 3.05) is 19.0 Å². The number of amides is 2. The molecule has 3 rings (SSSR count). The Morgan fingerprint density at radius 2 is 1.96 bits per heavy atom. The summed E-state index contributed by atoms with van der Waals surface area (Å²) in [5.74, 6) is -1.97. The van der Waals surface area contributed by atoms with E-state index in [0.29, 0.717) is 30.8 Å². The number of furan rings is 1. The number of anilines is 1. The predicted octanol–water partition coefficient (Wildman–Crippen LogP) is 2.54. The Balaban J connectivity index is 1.77. The van der Waals surface area contributed by atoms with Crippen LogP contribution >= 0.6 is 0 Å². The van der Waals surface area contributed by atoms with E-state index < -0.39 is 17.9 Å². The molecule has 2 aromatic rings. The Kier molecular flexibility index (Phi) is 5.16. The van der Waals surface area contributed by atoms with E-state index in [2.05, 4.69) is 5.32 Å². The Morgan fingerprint density at radius 3 is 2.63 bits per heavy atom. The van der Waals surface area contributed by atoms with Gasteiger partial charge in [0, 0.05) is 6.54 Å². The summed E-state index contributed by atoms with van der Waals surface area (Å²) in [7, 11) is 1.52. The van der Waals surface area contributed by atoms with Crippen LogP contribution < -0.4 is 10.1 Å². The monoisotopic (exact) mass is 372 g/mol. The van der Waals surface area contributed by atoms with E-state index in [1.54, 1.807) is 12.1 Å². The molecule has 2 amide bonds. The zero-order valence-electron chi connectivity index (χ0n) is 15.0. The molecular weight excluding hydrogens is 352 g/mol. The van der Waals surface area contributed by atoms with Crippen LogP contribution in [0.4, 0.5) is 5.69 Å². The number of likely N-dealkylation sites (tertiary alicyclic amines) is 1. The molecule has 1 aromatic carbocycles. The number of aromatic carboxylic acids is 1. The van der Waals surface area contributed by atoms with Crippen molar-refractivity contribution in [1.29, 1.82) is 0 Å². The van der Waals surface area contributed by atoms with Crippen molar-refractivity contribution >= 4 is 23.5 Å². The van der Waals surface area contributed by atoms with E-state index >= 15 is 0 Å². The summed E-state index contributed by atoms with van der Waals surface area (Å²) < 4.78 is 10.3. The molecular formula is C19H20N2O6.